The Labute approximate surface area is 168 Å². The van der Waals surface area contributed by atoms with E-state index in [-0.39, 0.29) is 42.5 Å². The zero-order valence-electron chi connectivity index (χ0n) is 15.0. The van der Waals surface area contributed by atoms with Crippen molar-refractivity contribution in [3.63, 3.8) is 0 Å². The molecule has 1 fully saturated rings. The summed E-state index contributed by atoms with van der Waals surface area (Å²) >= 11 is 7.67. The van der Waals surface area contributed by atoms with Gasteiger partial charge in [0.2, 0.25) is 17.7 Å². The van der Waals surface area contributed by atoms with Gasteiger partial charge in [0, 0.05) is 36.0 Å². The molecule has 0 aromatic heterocycles. The summed E-state index contributed by atoms with van der Waals surface area (Å²) in [5.41, 5.74) is 1.15. The summed E-state index contributed by atoms with van der Waals surface area (Å²) in [4.78, 5) is 38.0. The first-order valence-corrected chi connectivity index (χ1v) is 10.7. The van der Waals surface area contributed by atoms with E-state index >= 15 is 0 Å². The molecule has 0 bridgehead atoms. The van der Waals surface area contributed by atoms with Crippen molar-refractivity contribution < 1.29 is 14.4 Å². The molecule has 144 valence electrons. The van der Waals surface area contributed by atoms with Crippen LogP contribution in [0.3, 0.4) is 0 Å². The number of hydrogen-bond acceptors (Lipinski definition) is 4. The molecule has 5 nitrogen and oxygen atoms in total. The number of hydrogen-bond donors (Lipinski definition) is 1. The lowest BCUT2D eigenvalue weighted by Crippen LogP contribution is -2.36. The van der Waals surface area contributed by atoms with Gasteiger partial charge < -0.3 is 5.32 Å². The molecular weight excluding hydrogens is 384 g/mol. The molecule has 27 heavy (non-hydrogen) atoms. The summed E-state index contributed by atoms with van der Waals surface area (Å²) < 4.78 is 0. The van der Waals surface area contributed by atoms with Crippen molar-refractivity contribution in [3.05, 3.63) is 47.0 Å². The second-order valence-corrected chi connectivity index (χ2v) is 8.31. The van der Waals surface area contributed by atoms with Crippen LogP contribution in [-0.4, -0.2) is 41.5 Å². The van der Waals surface area contributed by atoms with E-state index in [9.17, 15) is 14.4 Å². The summed E-state index contributed by atoms with van der Waals surface area (Å²) in [5.74, 6) is 0.784. The van der Waals surface area contributed by atoms with Gasteiger partial charge in [-0.25, -0.2) is 0 Å². The molecule has 0 unspecified atom stereocenters. The van der Waals surface area contributed by atoms with Crippen molar-refractivity contribution in [2.45, 2.75) is 25.0 Å². The SMILES string of the molecule is O=C(CCN1C(=O)[C@H]2CC=CC[C@H]2C1=O)NCCSCc1cccc(Cl)c1. The summed E-state index contributed by atoms with van der Waals surface area (Å²) in [6, 6.07) is 7.73. The van der Waals surface area contributed by atoms with E-state index in [1.807, 2.05) is 36.4 Å². The molecule has 1 aromatic rings. The Morgan fingerprint density at radius 1 is 1.19 bits per heavy atom. The molecule has 3 amide bonds. The smallest absolute Gasteiger partial charge is 0.233 e. The average molecular weight is 407 g/mol. The van der Waals surface area contributed by atoms with Gasteiger partial charge in [-0.2, -0.15) is 11.8 Å². The van der Waals surface area contributed by atoms with Crippen LogP contribution >= 0.6 is 23.4 Å². The Morgan fingerprint density at radius 2 is 1.89 bits per heavy atom. The summed E-state index contributed by atoms with van der Waals surface area (Å²) in [6.07, 6.45) is 5.33. The molecule has 1 aliphatic carbocycles. The van der Waals surface area contributed by atoms with Gasteiger partial charge in [0.05, 0.1) is 11.8 Å². The Balaban J connectivity index is 1.33. The Kier molecular flexibility index (Phi) is 6.96. The van der Waals surface area contributed by atoms with E-state index in [2.05, 4.69) is 5.32 Å². The highest BCUT2D eigenvalue weighted by Gasteiger charge is 2.46. The molecule has 2 aliphatic rings. The first-order valence-electron chi connectivity index (χ1n) is 9.15. The van der Waals surface area contributed by atoms with Crippen LogP contribution in [0.5, 0.6) is 0 Å². The van der Waals surface area contributed by atoms with Gasteiger partial charge in [0.25, 0.3) is 0 Å². The van der Waals surface area contributed by atoms with Gasteiger partial charge in [-0.3, -0.25) is 19.3 Å². The number of imide groups is 1. The number of amides is 3. The van der Waals surface area contributed by atoms with Crippen molar-refractivity contribution in [1.82, 2.24) is 10.2 Å². The Hall–Kier alpha value is -1.79. The number of nitrogens with one attached hydrogen (secondary N) is 1. The molecule has 1 aromatic carbocycles. The summed E-state index contributed by atoms with van der Waals surface area (Å²) in [7, 11) is 0. The van der Waals surface area contributed by atoms with Gasteiger partial charge in [0.1, 0.15) is 0 Å². The van der Waals surface area contributed by atoms with Crippen LogP contribution < -0.4 is 5.32 Å². The largest absolute Gasteiger partial charge is 0.355 e. The van der Waals surface area contributed by atoms with E-state index in [1.165, 1.54) is 4.90 Å². The maximum Gasteiger partial charge on any atom is 0.233 e. The van der Waals surface area contributed by atoms with Crippen molar-refractivity contribution in [3.8, 4) is 0 Å². The third-order valence-corrected chi connectivity index (χ3v) is 6.15. The van der Waals surface area contributed by atoms with E-state index in [1.54, 1.807) is 11.8 Å². The molecule has 0 saturated carbocycles. The molecule has 0 spiro atoms. The van der Waals surface area contributed by atoms with Crippen LogP contribution in [0.2, 0.25) is 5.02 Å². The Morgan fingerprint density at radius 3 is 2.56 bits per heavy atom. The number of fused-ring (bicyclic) bond motifs is 1. The van der Waals surface area contributed by atoms with Crippen LogP contribution in [0.15, 0.2) is 36.4 Å². The highest BCUT2D eigenvalue weighted by Crippen LogP contribution is 2.34. The number of thioether (sulfide) groups is 1. The number of allylic oxidation sites excluding steroid dienone is 2. The second-order valence-electron chi connectivity index (χ2n) is 6.77. The quantitative estimate of drug-likeness (QED) is 0.409. The van der Waals surface area contributed by atoms with Crippen molar-refractivity contribution in [2.24, 2.45) is 11.8 Å². The lowest BCUT2D eigenvalue weighted by molar-refractivity contribution is -0.140. The van der Waals surface area contributed by atoms with Crippen molar-refractivity contribution in [2.75, 3.05) is 18.8 Å². The monoisotopic (exact) mass is 406 g/mol. The van der Waals surface area contributed by atoms with Crippen LogP contribution in [-0.2, 0) is 20.1 Å². The number of halogens is 1. The maximum atomic E-state index is 12.3. The fourth-order valence-electron chi connectivity index (χ4n) is 3.47. The van der Waals surface area contributed by atoms with Crippen molar-refractivity contribution in [1.29, 1.82) is 0 Å². The van der Waals surface area contributed by atoms with E-state index < -0.39 is 0 Å². The highest BCUT2D eigenvalue weighted by atomic mass is 35.5. The Bertz CT molecular complexity index is 726. The topological polar surface area (TPSA) is 66.5 Å². The molecule has 1 N–H and O–H groups in total. The van der Waals surface area contributed by atoms with Gasteiger partial charge in [-0.1, -0.05) is 35.9 Å². The number of carbonyl (C=O) groups is 3. The van der Waals surface area contributed by atoms with E-state index in [4.69, 9.17) is 11.6 Å². The predicted molar refractivity (Wildman–Crippen MR) is 107 cm³/mol. The van der Waals surface area contributed by atoms with Crippen LogP contribution in [0.25, 0.3) is 0 Å². The highest BCUT2D eigenvalue weighted by molar-refractivity contribution is 7.98. The first kappa shape index (κ1) is 20.0. The summed E-state index contributed by atoms with van der Waals surface area (Å²) in [5, 5.41) is 3.57. The molecule has 3 rings (SSSR count). The number of nitrogens with zero attached hydrogens (tertiary/aromatic N) is 1. The van der Waals surface area contributed by atoms with Crippen LogP contribution in [0.4, 0.5) is 0 Å². The minimum atomic E-state index is -0.228. The standard InChI is InChI=1S/C20H23ClN2O3S/c21-15-5-3-4-14(12-15)13-27-11-9-22-18(24)8-10-23-19(25)16-6-1-2-7-17(16)20(23)26/h1-5,12,16-17H,6-11,13H2,(H,22,24)/t16-,17+. The van der Waals surface area contributed by atoms with E-state index in [0.717, 1.165) is 22.1 Å². The van der Waals surface area contributed by atoms with Gasteiger partial charge in [0.15, 0.2) is 0 Å². The number of likely N-dealkylation sites (tertiary alicyclic amines) is 1. The summed E-state index contributed by atoms with van der Waals surface area (Å²) in [6.45, 7) is 0.729. The second kappa shape index (κ2) is 9.42. The average Bonchev–Trinajstić information content (AvgIpc) is 2.91. The van der Waals surface area contributed by atoms with Crippen LogP contribution in [0, 0.1) is 11.8 Å². The lowest BCUT2D eigenvalue weighted by atomic mass is 9.85. The number of rotatable bonds is 8. The third-order valence-electron chi connectivity index (χ3n) is 4.89. The normalized spacial score (nSPS) is 21.4. The third kappa shape index (κ3) is 5.14. The minimum Gasteiger partial charge on any atom is -0.355 e. The van der Waals surface area contributed by atoms with Crippen LogP contribution in [0.1, 0.15) is 24.8 Å². The molecular formula is C20H23ClN2O3S. The number of carbonyl (C=O) groups excluding carboxylic acids is 3. The predicted octanol–water partition coefficient (Wildman–Crippen LogP) is 3.03. The maximum absolute atomic E-state index is 12.3. The fraction of sp³-hybridized carbons (Fsp3) is 0.450. The first-order chi connectivity index (χ1) is 13.1. The molecule has 1 heterocycles. The fourth-order valence-corrected chi connectivity index (χ4v) is 4.49. The number of benzene rings is 1. The zero-order valence-corrected chi connectivity index (χ0v) is 16.6. The van der Waals surface area contributed by atoms with Gasteiger partial charge in [-0.15, -0.1) is 0 Å². The van der Waals surface area contributed by atoms with Gasteiger partial charge in [-0.05, 0) is 30.5 Å². The van der Waals surface area contributed by atoms with E-state index in [0.29, 0.717) is 19.4 Å². The molecule has 7 heteroatoms. The molecule has 0 radical (unpaired) electrons. The minimum absolute atomic E-state index is 0.126. The molecule has 2 atom stereocenters. The lowest BCUT2D eigenvalue weighted by Gasteiger charge is -2.14. The zero-order chi connectivity index (χ0) is 19.2. The molecule has 1 saturated heterocycles. The van der Waals surface area contributed by atoms with Crippen molar-refractivity contribution >= 4 is 41.1 Å². The van der Waals surface area contributed by atoms with Gasteiger partial charge >= 0.3 is 0 Å². The molecule has 1 aliphatic heterocycles.